The Morgan fingerprint density at radius 1 is 1.03 bits per heavy atom. The number of benzene rings is 1. The lowest BCUT2D eigenvalue weighted by Gasteiger charge is -2.33. The summed E-state index contributed by atoms with van der Waals surface area (Å²) in [6.07, 6.45) is 4.03. The van der Waals surface area contributed by atoms with Gasteiger partial charge in [0, 0.05) is 52.3 Å². The van der Waals surface area contributed by atoms with Crippen LogP contribution in [0.4, 0.5) is 0 Å². The number of hydrogen-bond acceptors (Lipinski definition) is 4. The molecule has 1 aromatic carbocycles. The van der Waals surface area contributed by atoms with Gasteiger partial charge in [-0.05, 0) is 37.1 Å². The van der Waals surface area contributed by atoms with E-state index in [1.807, 2.05) is 41.3 Å². The Hall–Kier alpha value is -3.22. The van der Waals surface area contributed by atoms with Crippen LogP contribution in [-0.2, 0) is 9.59 Å². The van der Waals surface area contributed by atoms with Crippen LogP contribution in [-0.4, -0.2) is 63.3 Å². The number of fused-ring (bicyclic) bond motifs is 1. The molecule has 1 saturated heterocycles. The minimum atomic E-state index is -0.0110. The quantitative estimate of drug-likeness (QED) is 0.654. The highest BCUT2D eigenvalue weighted by Gasteiger charge is 2.27. The van der Waals surface area contributed by atoms with E-state index in [9.17, 15) is 9.59 Å². The number of aromatic nitrogens is 3. The van der Waals surface area contributed by atoms with Crippen molar-refractivity contribution in [3.63, 3.8) is 0 Å². The maximum Gasteiger partial charge on any atom is 0.223 e. The van der Waals surface area contributed by atoms with Gasteiger partial charge in [-0.2, -0.15) is 0 Å². The molecule has 1 aliphatic heterocycles. The molecule has 7 heteroatoms. The van der Waals surface area contributed by atoms with E-state index in [1.165, 1.54) is 4.90 Å². The highest BCUT2D eigenvalue weighted by molar-refractivity contribution is 5.84. The van der Waals surface area contributed by atoms with Gasteiger partial charge in [0.1, 0.15) is 5.69 Å². The molecule has 0 atom stereocenters. The maximum atomic E-state index is 12.5. The third-order valence-electron chi connectivity index (χ3n) is 5.72. The number of rotatable bonds is 5. The largest absolute Gasteiger partial charge is 0.349 e. The van der Waals surface area contributed by atoms with E-state index in [1.54, 1.807) is 20.3 Å². The first kappa shape index (κ1) is 20.1. The lowest BCUT2D eigenvalue weighted by Crippen LogP contribution is -2.39. The molecule has 1 aliphatic rings. The molecular weight excluding hydrogens is 378 g/mol. The van der Waals surface area contributed by atoms with Gasteiger partial charge in [0.05, 0.1) is 11.0 Å². The predicted molar refractivity (Wildman–Crippen MR) is 116 cm³/mol. The van der Waals surface area contributed by atoms with Crippen LogP contribution in [0.1, 0.15) is 31.7 Å². The van der Waals surface area contributed by atoms with E-state index in [-0.39, 0.29) is 30.7 Å². The maximum absolute atomic E-state index is 12.5. The molecule has 3 heterocycles. The van der Waals surface area contributed by atoms with Gasteiger partial charge in [-0.3, -0.25) is 14.6 Å². The molecule has 3 aromatic rings. The van der Waals surface area contributed by atoms with Crippen molar-refractivity contribution in [2.45, 2.75) is 31.7 Å². The van der Waals surface area contributed by atoms with Crippen LogP contribution in [0.25, 0.3) is 22.6 Å². The number of amides is 2. The number of para-hydroxylation sites is 2. The predicted octanol–water partition coefficient (Wildman–Crippen LogP) is 3.13. The molecule has 2 amide bonds. The molecule has 0 unspecified atom stereocenters. The Bertz CT molecular complexity index is 1040. The van der Waals surface area contributed by atoms with Gasteiger partial charge in [0.2, 0.25) is 11.8 Å². The topological polar surface area (TPSA) is 71.3 Å². The van der Waals surface area contributed by atoms with Crippen molar-refractivity contribution in [1.29, 1.82) is 0 Å². The molecule has 156 valence electrons. The Labute approximate surface area is 176 Å². The van der Waals surface area contributed by atoms with Crippen LogP contribution in [0, 0.1) is 0 Å². The van der Waals surface area contributed by atoms with Crippen LogP contribution in [0.15, 0.2) is 48.7 Å². The Balaban J connectivity index is 1.51. The summed E-state index contributed by atoms with van der Waals surface area (Å²) >= 11 is 0. The van der Waals surface area contributed by atoms with E-state index >= 15 is 0 Å². The molecule has 2 aromatic heterocycles. The molecule has 0 spiro atoms. The number of likely N-dealkylation sites (tertiary alicyclic amines) is 1. The average molecular weight is 406 g/mol. The second-order valence-electron chi connectivity index (χ2n) is 7.91. The van der Waals surface area contributed by atoms with Crippen molar-refractivity contribution in [2.75, 3.05) is 27.2 Å². The standard InChI is InChI=1S/C23H27N5O2/c1-26(2)21(29)10-11-22(30)27-15-12-17(13-16-27)28-20-9-4-3-7-18(20)25-23(28)19-8-5-6-14-24-19/h3-9,14,17H,10-13,15-16H2,1-2H3. The highest BCUT2D eigenvalue weighted by Crippen LogP contribution is 2.32. The summed E-state index contributed by atoms with van der Waals surface area (Å²) in [5.41, 5.74) is 2.91. The molecule has 4 rings (SSSR count). The molecule has 0 saturated carbocycles. The van der Waals surface area contributed by atoms with E-state index in [0.29, 0.717) is 13.1 Å². The molecular formula is C23H27N5O2. The number of piperidine rings is 1. The van der Waals surface area contributed by atoms with Crippen molar-refractivity contribution in [3.8, 4) is 11.5 Å². The molecule has 7 nitrogen and oxygen atoms in total. The van der Waals surface area contributed by atoms with Crippen molar-refractivity contribution in [2.24, 2.45) is 0 Å². The highest BCUT2D eigenvalue weighted by atomic mass is 16.2. The van der Waals surface area contributed by atoms with E-state index in [4.69, 9.17) is 4.98 Å². The van der Waals surface area contributed by atoms with Gasteiger partial charge >= 0.3 is 0 Å². The van der Waals surface area contributed by atoms with Gasteiger partial charge in [-0.25, -0.2) is 4.98 Å². The number of imidazole rings is 1. The first-order valence-corrected chi connectivity index (χ1v) is 10.4. The van der Waals surface area contributed by atoms with Crippen LogP contribution < -0.4 is 0 Å². The zero-order valence-electron chi connectivity index (χ0n) is 17.5. The van der Waals surface area contributed by atoms with Gasteiger partial charge in [0.25, 0.3) is 0 Å². The smallest absolute Gasteiger partial charge is 0.223 e. The van der Waals surface area contributed by atoms with Crippen molar-refractivity contribution >= 4 is 22.8 Å². The van der Waals surface area contributed by atoms with Gasteiger partial charge < -0.3 is 14.4 Å². The Morgan fingerprint density at radius 3 is 2.47 bits per heavy atom. The fourth-order valence-corrected chi connectivity index (χ4v) is 4.06. The van der Waals surface area contributed by atoms with Gasteiger partial charge in [0.15, 0.2) is 5.82 Å². The average Bonchev–Trinajstić information content (AvgIpc) is 3.17. The normalized spacial score (nSPS) is 14.8. The summed E-state index contributed by atoms with van der Waals surface area (Å²) in [5, 5.41) is 0. The van der Waals surface area contributed by atoms with Gasteiger partial charge in [-0.15, -0.1) is 0 Å². The molecule has 0 radical (unpaired) electrons. The minimum Gasteiger partial charge on any atom is -0.349 e. The zero-order valence-corrected chi connectivity index (χ0v) is 17.5. The lowest BCUT2D eigenvalue weighted by molar-refractivity contribution is -0.136. The summed E-state index contributed by atoms with van der Waals surface area (Å²) in [7, 11) is 3.43. The van der Waals surface area contributed by atoms with E-state index < -0.39 is 0 Å². The minimum absolute atomic E-state index is 0.0110. The number of carbonyl (C=O) groups excluding carboxylic acids is 2. The number of pyridine rings is 1. The third kappa shape index (κ3) is 4.06. The summed E-state index contributed by atoms with van der Waals surface area (Å²) in [6, 6.07) is 14.3. The summed E-state index contributed by atoms with van der Waals surface area (Å²) in [6.45, 7) is 1.38. The van der Waals surface area contributed by atoms with Crippen LogP contribution in [0.5, 0.6) is 0 Å². The lowest BCUT2D eigenvalue weighted by atomic mass is 10.0. The van der Waals surface area contributed by atoms with E-state index in [0.717, 1.165) is 35.4 Å². The zero-order chi connectivity index (χ0) is 21.1. The number of nitrogens with zero attached hydrogens (tertiary/aromatic N) is 5. The summed E-state index contributed by atoms with van der Waals surface area (Å²) in [5.74, 6) is 0.922. The molecule has 1 fully saturated rings. The molecule has 30 heavy (non-hydrogen) atoms. The molecule has 0 bridgehead atoms. The first-order chi connectivity index (χ1) is 14.5. The van der Waals surface area contributed by atoms with Crippen molar-refractivity contribution in [3.05, 3.63) is 48.7 Å². The monoisotopic (exact) mass is 405 g/mol. The third-order valence-corrected chi connectivity index (χ3v) is 5.72. The van der Waals surface area contributed by atoms with E-state index in [2.05, 4.69) is 15.6 Å². The Morgan fingerprint density at radius 2 is 1.77 bits per heavy atom. The summed E-state index contributed by atoms with van der Waals surface area (Å²) in [4.78, 5) is 37.1. The van der Waals surface area contributed by atoms with Crippen LogP contribution in [0.2, 0.25) is 0 Å². The van der Waals surface area contributed by atoms with Crippen molar-refractivity contribution < 1.29 is 9.59 Å². The number of carbonyl (C=O) groups is 2. The summed E-state index contributed by atoms with van der Waals surface area (Å²) < 4.78 is 2.29. The molecule has 0 aliphatic carbocycles. The Kier molecular flexibility index (Phi) is 5.79. The second kappa shape index (κ2) is 8.65. The van der Waals surface area contributed by atoms with Crippen LogP contribution >= 0.6 is 0 Å². The SMILES string of the molecule is CN(C)C(=O)CCC(=O)N1CCC(n2c(-c3ccccn3)nc3ccccc32)CC1. The molecule has 0 N–H and O–H groups in total. The number of hydrogen-bond donors (Lipinski definition) is 0. The fourth-order valence-electron chi connectivity index (χ4n) is 4.06. The van der Waals surface area contributed by atoms with Crippen LogP contribution in [0.3, 0.4) is 0 Å². The first-order valence-electron chi connectivity index (χ1n) is 10.4. The fraction of sp³-hybridized carbons (Fsp3) is 0.391. The van der Waals surface area contributed by atoms with Crippen molar-refractivity contribution in [1.82, 2.24) is 24.3 Å². The second-order valence-corrected chi connectivity index (χ2v) is 7.91. The van der Waals surface area contributed by atoms with Gasteiger partial charge in [-0.1, -0.05) is 18.2 Å².